The number of hydrogen-bond acceptors (Lipinski definition) is 2. The summed E-state index contributed by atoms with van der Waals surface area (Å²) < 4.78 is 25.9. The number of rotatable bonds is 3. The molecule has 0 bridgehead atoms. The quantitative estimate of drug-likeness (QED) is 0.907. The molecule has 1 unspecified atom stereocenters. The fraction of sp³-hybridized carbons (Fsp3) is 0.214. The predicted octanol–water partition coefficient (Wildman–Crippen LogP) is 2.91. The molecular formula is C14H14F2N2. The lowest BCUT2D eigenvalue weighted by Crippen LogP contribution is -2.14. The second-order valence-electron chi connectivity index (χ2n) is 4.29. The van der Waals surface area contributed by atoms with Crippen LogP contribution in [0.15, 0.2) is 36.5 Å². The molecule has 0 aliphatic heterocycles. The molecule has 0 saturated heterocycles. The molecule has 0 radical (unpaired) electrons. The maximum atomic E-state index is 13.1. The van der Waals surface area contributed by atoms with E-state index < -0.39 is 11.6 Å². The lowest BCUT2D eigenvalue weighted by molar-refractivity contribution is 0.506. The molecule has 1 aromatic heterocycles. The fourth-order valence-corrected chi connectivity index (χ4v) is 1.84. The first-order valence-electron chi connectivity index (χ1n) is 5.68. The van der Waals surface area contributed by atoms with Crippen LogP contribution in [0, 0.1) is 18.6 Å². The van der Waals surface area contributed by atoms with Crippen molar-refractivity contribution in [2.75, 3.05) is 0 Å². The van der Waals surface area contributed by atoms with E-state index in [-0.39, 0.29) is 6.04 Å². The largest absolute Gasteiger partial charge is 0.324 e. The summed E-state index contributed by atoms with van der Waals surface area (Å²) in [5.41, 5.74) is 8.54. The van der Waals surface area contributed by atoms with Crippen LogP contribution >= 0.6 is 0 Å². The smallest absolute Gasteiger partial charge is 0.159 e. The molecule has 2 nitrogen and oxygen atoms in total. The topological polar surface area (TPSA) is 38.9 Å². The Bertz CT molecular complexity index is 555. The number of nitrogens with zero attached hydrogens (tertiary/aromatic N) is 1. The summed E-state index contributed by atoms with van der Waals surface area (Å²) in [6.07, 6.45) is 2.15. The minimum absolute atomic E-state index is 0.253. The summed E-state index contributed by atoms with van der Waals surface area (Å²) in [4.78, 5) is 4.09. The number of pyridine rings is 1. The number of halogens is 2. The average Bonchev–Trinajstić information content (AvgIpc) is 2.34. The van der Waals surface area contributed by atoms with Gasteiger partial charge in [0.05, 0.1) is 0 Å². The number of hydrogen-bond donors (Lipinski definition) is 1. The monoisotopic (exact) mass is 248 g/mol. The molecule has 0 amide bonds. The van der Waals surface area contributed by atoms with Gasteiger partial charge in [-0.2, -0.15) is 0 Å². The molecule has 94 valence electrons. The van der Waals surface area contributed by atoms with E-state index in [1.807, 2.05) is 19.1 Å². The molecule has 1 aromatic carbocycles. The van der Waals surface area contributed by atoms with E-state index in [9.17, 15) is 8.78 Å². The molecule has 1 atom stereocenters. The summed E-state index contributed by atoms with van der Waals surface area (Å²) in [6.45, 7) is 1.88. The highest BCUT2D eigenvalue weighted by Crippen LogP contribution is 2.18. The van der Waals surface area contributed by atoms with Crippen molar-refractivity contribution in [3.63, 3.8) is 0 Å². The Hall–Kier alpha value is -1.81. The zero-order valence-electron chi connectivity index (χ0n) is 10.0. The fourth-order valence-electron chi connectivity index (χ4n) is 1.84. The second kappa shape index (κ2) is 5.23. The van der Waals surface area contributed by atoms with Crippen molar-refractivity contribution < 1.29 is 8.78 Å². The van der Waals surface area contributed by atoms with Gasteiger partial charge in [-0.1, -0.05) is 6.07 Å². The molecule has 0 spiro atoms. The third kappa shape index (κ3) is 2.90. The highest BCUT2D eigenvalue weighted by atomic mass is 19.2. The highest BCUT2D eigenvalue weighted by molar-refractivity contribution is 5.24. The third-order valence-electron chi connectivity index (χ3n) is 2.79. The predicted molar refractivity (Wildman–Crippen MR) is 66.0 cm³/mol. The van der Waals surface area contributed by atoms with Crippen LogP contribution in [-0.2, 0) is 6.42 Å². The lowest BCUT2D eigenvalue weighted by atomic mass is 10.00. The van der Waals surface area contributed by atoms with Gasteiger partial charge < -0.3 is 5.73 Å². The van der Waals surface area contributed by atoms with Crippen molar-refractivity contribution in [3.8, 4) is 0 Å². The summed E-state index contributed by atoms with van der Waals surface area (Å²) in [7, 11) is 0. The second-order valence-corrected chi connectivity index (χ2v) is 4.29. The zero-order chi connectivity index (χ0) is 13.1. The maximum absolute atomic E-state index is 13.1. The van der Waals surface area contributed by atoms with E-state index in [0.29, 0.717) is 12.0 Å². The van der Waals surface area contributed by atoms with Gasteiger partial charge in [0.25, 0.3) is 0 Å². The normalized spacial score (nSPS) is 12.4. The van der Waals surface area contributed by atoms with E-state index in [1.165, 1.54) is 6.07 Å². The van der Waals surface area contributed by atoms with E-state index in [4.69, 9.17) is 5.73 Å². The number of aromatic nitrogens is 1. The standard InChI is InChI=1S/C14H14F2N2/c1-9-6-11(4-5-18-9)14(17)8-10-2-3-12(15)13(16)7-10/h2-7,14H,8,17H2,1H3. The van der Waals surface area contributed by atoms with Crippen molar-refractivity contribution in [1.29, 1.82) is 0 Å². The van der Waals surface area contributed by atoms with Gasteiger partial charge in [0, 0.05) is 17.9 Å². The first kappa shape index (κ1) is 12.6. The van der Waals surface area contributed by atoms with Crippen LogP contribution < -0.4 is 5.73 Å². The van der Waals surface area contributed by atoms with E-state index >= 15 is 0 Å². The zero-order valence-corrected chi connectivity index (χ0v) is 10.0. The molecule has 2 aromatic rings. The molecule has 1 heterocycles. The van der Waals surface area contributed by atoms with Gasteiger partial charge in [-0.3, -0.25) is 4.98 Å². The molecule has 0 saturated carbocycles. The molecule has 0 aliphatic carbocycles. The van der Waals surface area contributed by atoms with Crippen molar-refractivity contribution in [2.45, 2.75) is 19.4 Å². The Morgan fingerprint density at radius 3 is 2.61 bits per heavy atom. The summed E-state index contributed by atoms with van der Waals surface area (Å²) in [5.74, 6) is -1.68. The summed E-state index contributed by atoms with van der Waals surface area (Å²) >= 11 is 0. The molecule has 0 aliphatic rings. The van der Waals surface area contributed by atoms with E-state index in [0.717, 1.165) is 17.3 Å². The minimum Gasteiger partial charge on any atom is -0.324 e. The maximum Gasteiger partial charge on any atom is 0.159 e. The summed E-state index contributed by atoms with van der Waals surface area (Å²) in [6, 6.07) is 7.32. The van der Waals surface area contributed by atoms with Crippen molar-refractivity contribution in [1.82, 2.24) is 4.98 Å². The Morgan fingerprint density at radius 2 is 1.94 bits per heavy atom. The SMILES string of the molecule is Cc1cc(C(N)Cc2ccc(F)c(F)c2)ccn1. The van der Waals surface area contributed by atoms with Crippen LogP contribution in [0.1, 0.15) is 22.9 Å². The van der Waals surface area contributed by atoms with Gasteiger partial charge in [0.2, 0.25) is 0 Å². The Kier molecular flexibility index (Phi) is 3.67. The first-order valence-corrected chi connectivity index (χ1v) is 5.68. The van der Waals surface area contributed by atoms with Crippen molar-refractivity contribution in [2.24, 2.45) is 5.73 Å². The first-order chi connectivity index (χ1) is 8.56. The van der Waals surface area contributed by atoms with Crippen molar-refractivity contribution >= 4 is 0 Å². The average molecular weight is 248 g/mol. The highest BCUT2D eigenvalue weighted by Gasteiger charge is 2.09. The Morgan fingerprint density at radius 1 is 1.17 bits per heavy atom. The van der Waals surface area contributed by atoms with Crippen LogP contribution in [0.2, 0.25) is 0 Å². The minimum atomic E-state index is -0.842. The molecule has 0 fully saturated rings. The molecule has 2 N–H and O–H groups in total. The summed E-state index contributed by atoms with van der Waals surface area (Å²) in [5, 5.41) is 0. The van der Waals surface area contributed by atoms with Gasteiger partial charge in [-0.15, -0.1) is 0 Å². The van der Waals surface area contributed by atoms with Crippen LogP contribution in [0.25, 0.3) is 0 Å². The van der Waals surface area contributed by atoms with Crippen LogP contribution in [0.3, 0.4) is 0 Å². The Labute approximate surface area is 104 Å². The molecular weight excluding hydrogens is 234 g/mol. The third-order valence-corrected chi connectivity index (χ3v) is 2.79. The van der Waals surface area contributed by atoms with Gasteiger partial charge >= 0.3 is 0 Å². The van der Waals surface area contributed by atoms with E-state index in [1.54, 1.807) is 12.3 Å². The number of nitrogens with two attached hydrogens (primary N) is 1. The van der Waals surface area contributed by atoms with Crippen LogP contribution in [0.4, 0.5) is 8.78 Å². The number of benzene rings is 1. The Balaban J connectivity index is 2.16. The van der Waals surface area contributed by atoms with Crippen molar-refractivity contribution in [3.05, 3.63) is 65.0 Å². The van der Waals surface area contributed by atoms with Gasteiger partial charge in [-0.05, 0) is 48.7 Å². The molecule has 2 rings (SSSR count). The van der Waals surface area contributed by atoms with Crippen LogP contribution in [0.5, 0.6) is 0 Å². The molecule has 18 heavy (non-hydrogen) atoms. The van der Waals surface area contributed by atoms with Gasteiger partial charge in [-0.25, -0.2) is 8.78 Å². The van der Waals surface area contributed by atoms with E-state index in [2.05, 4.69) is 4.98 Å². The van der Waals surface area contributed by atoms with Gasteiger partial charge in [0.1, 0.15) is 0 Å². The van der Waals surface area contributed by atoms with Gasteiger partial charge in [0.15, 0.2) is 11.6 Å². The lowest BCUT2D eigenvalue weighted by Gasteiger charge is -2.12. The van der Waals surface area contributed by atoms with Crippen LogP contribution in [-0.4, -0.2) is 4.98 Å². The molecule has 4 heteroatoms. The number of aryl methyl sites for hydroxylation is 1.